The topological polar surface area (TPSA) is 64.6 Å². The molecule has 39 heavy (non-hydrogen) atoms. The van der Waals surface area contributed by atoms with Gasteiger partial charge in [0, 0.05) is 25.0 Å². The fourth-order valence-electron chi connectivity index (χ4n) is 6.09. The molecule has 7 heteroatoms. The summed E-state index contributed by atoms with van der Waals surface area (Å²) in [6.45, 7) is 3.96. The fourth-order valence-corrected chi connectivity index (χ4v) is 6.09. The van der Waals surface area contributed by atoms with Gasteiger partial charge in [0.05, 0.1) is 44.4 Å². The Morgan fingerprint density at radius 3 is 2.62 bits per heavy atom. The molecule has 0 amide bonds. The summed E-state index contributed by atoms with van der Waals surface area (Å²) in [5.74, 6) is 1.81. The maximum absolute atomic E-state index is 6.75. The molecule has 3 fully saturated rings. The molecule has 4 heterocycles. The summed E-state index contributed by atoms with van der Waals surface area (Å²) in [5.41, 5.74) is 1.89. The lowest BCUT2D eigenvalue weighted by Crippen LogP contribution is -2.49. The molecule has 4 aliphatic rings. The summed E-state index contributed by atoms with van der Waals surface area (Å²) in [4.78, 5) is 0. The molecule has 2 aromatic carbocycles. The van der Waals surface area contributed by atoms with Crippen LogP contribution in [-0.4, -0.2) is 56.4 Å². The Hall–Kier alpha value is -2.42. The summed E-state index contributed by atoms with van der Waals surface area (Å²) >= 11 is 0. The Morgan fingerprint density at radius 1 is 0.949 bits per heavy atom. The number of benzene rings is 2. The number of rotatable bonds is 7. The Morgan fingerprint density at radius 2 is 1.79 bits per heavy atom. The van der Waals surface area contributed by atoms with Crippen molar-refractivity contribution in [3.63, 3.8) is 0 Å². The number of methoxy groups -OCH3 is 1. The van der Waals surface area contributed by atoms with Crippen molar-refractivity contribution in [2.24, 2.45) is 0 Å². The highest BCUT2D eigenvalue weighted by Gasteiger charge is 2.44. The van der Waals surface area contributed by atoms with Crippen LogP contribution in [0.4, 0.5) is 0 Å². The fraction of sp³-hybridized carbons (Fsp3) is 0.562. The highest BCUT2D eigenvalue weighted by Crippen LogP contribution is 2.40. The van der Waals surface area contributed by atoms with Gasteiger partial charge in [-0.15, -0.1) is 0 Å². The Kier molecular flexibility index (Phi) is 8.23. The van der Waals surface area contributed by atoms with E-state index in [4.69, 9.17) is 33.2 Å². The van der Waals surface area contributed by atoms with Gasteiger partial charge in [-0.1, -0.05) is 42.5 Å². The Labute approximate surface area is 231 Å². The molecule has 3 saturated heterocycles. The van der Waals surface area contributed by atoms with Gasteiger partial charge in [0.15, 0.2) is 6.29 Å². The minimum absolute atomic E-state index is 0.0580. The van der Waals surface area contributed by atoms with Gasteiger partial charge in [-0.05, 0) is 56.4 Å². The van der Waals surface area contributed by atoms with Crippen molar-refractivity contribution >= 4 is 0 Å². The summed E-state index contributed by atoms with van der Waals surface area (Å²) in [6, 6.07) is 18.1. The molecule has 0 radical (unpaired) electrons. The van der Waals surface area contributed by atoms with E-state index in [1.807, 2.05) is 54.6 Å². The zero-order valence-electron chi connectivity index (χ0n) is 23.0. The second-order valence-corrected chi connectivity index (χ2v) is 11.2. The lowest BCUT2D eigenvalue weighted by molar-refractivity contribution is -0.271. The lowest BCUT2D eigenvalue weighted by Gasteiger charge is -2.44. The third-order valence-electron chi connectivity index (χ3n) is 8.47. The first kappa shape index (κ1) is 26.8. The van der Waals surface area contributed by atoms with E-state index in [-0.39, 0.29) is 42.4 Å². The molecule has 6 rings (SSSR count). The van der Waals surface area contributed by atoms with Crippen LogP contribution in [-0.2, 0) is 35.0 Å². The zero-order chi connectivity index (χ0) is 26.7. The first-order chi connectivity index (χ1) is 19.1. The number of hydrogen-bond donors (Lipinski definition) is 0. The summed E-state index contributed by atoms with van der Waals surface area (Å²) in [6.07, 6.45) is 6.65. The van der Waals surface area contributed by atoms with Crippen molar-refractivity contribution in [2.75, 3.05) is 20.3 Å². The minimum Gasteiger partial charge on any atom is -0.497 e. The van der Waals surface area contributed by atoms with Crippen molar-refractivity contribution in [1.29, 1.82) is 0 Å². The molecule has 0 unspecified atom stereocenters. The van der Waals surface area contributed by atoms with Crippen LogP contribution in [0.3, 0.4) is 0 Å². The SMILES string of the molecule is COc1ccc(CO[C@@H]2CC[C@@H]3O[C@H](c4ccccc4)OC[C@H]3O[C@H]2CC2=CC[C@]3(C)OCCC[C@H]3O2)cc1. The minimum atomic E-state index is -0.375. The molecule has 0 aromatic heterocycles. The molecule has 0 bridgehead atoms. The molecule has 4 aliphatic heterocycles. The highest BCUT2D eigenvalue weighted by atomic mass is 16.7. The molecule has 0 saturated carbocycles. The molecule has 7 nitrogen and oxygen atoms in total. The smallest absolute Gasteiger partial charge is 0.184 e. The summed E-state index contributed by atoms with van der Waals surface area (Å²) in [5, 5.41) is 0. The third kappa shape index (κ3) is 6.18. The van der Waals surface area contributed by atoms with Crippen LogP contribution in [0.25, 0.3) is 0 Å². The van der Waals surface area contributed by atoms with E-state index in [1.54, 1.807) is 7.11 Å². The van der Waals surface area contributed by atoms with Crippen LogP contribution in [0.1, 0.15) is 62.9 Å². The van der Waals surface area contributed by atoms with Gasteiger partial charge in [-0.2, -0.15) is 0 Å². The first-order valence-electron chi connectivity index (χ1n) is 14.3. The van der Waals surface area contributed by atoms with Gasteiger partial charge < -0.3 is 33.2 Å². The second-order valence-electron chi connectivity index (χ2n) is 11.2. The molecule has 0 aliphatic carbocycles. The molecule has 210 valence electrons. The quantitative estimate of drug-likeness (QED) is 0.438. The van der Waals surface area contributed by atoms with Gasteiger partial charge in [0.2, 0.25) is 0 Å². The standard InChI is InChI=1S/C32H40O7/c1-32-17-16-25(37-30(32)9-6-18-36-32)19-28-26(34-20-22-10-12-24(33-2)13-11-22)14-15-27-29(38-28)21-35-31(39-27)23-7-4-3-5-8-23/h3-5,7-8,10-13,16,26-31H,6,9,14-15,17-21H2,1-2H3/t26-,27+,28+,29-,30-,31-,32+/m1/s1. The lowest BCUT2D eigenvalue weighted by atomic mass is 9.86. The van der Waals surface area contributed by atoms with Gasteiger partial charge in [0.25, 0.3) is 0 Å². The van der Waals surface area contributed by atoms with Gasteiger partial charge in [-0.25, -0.2) is 0 Å². The van der Waals surface area contributed by atoms with E-state index in [1.165, 1.54) is 0 Å². The van der Waals surface area contributed by atoms with E-state index in [2.05, 4.69) is 13.0 Å². The Balaban J connectivity index is 1.17. The van der Waals surface area contributed by atoms with Crippen LogP contribution in [0.15, 0.2) is 66.4 Å². The highest BCUT2D eigenvalue weighted by molar-refractivity contribution is 5.26. The monoisotopic (exact) mass is 536 g/mol. The van der Waals surface area contributed by atoms with Crippen molar-refractivity contribution in [3.8, 4) is 5.75 Å². The average Bonchev–Trinajstić information content (AvgIpc) is 3.15. The summed E-state index contributed by atoms with van der Waals surface area (Å²) in [7, 11) is 1.68. The zero-order valence-corrected chi connectivity index (χ0v) is 23.0. The van der Waals surface area contributed by atoms with Crippen molar-refractivity contribution in [1.82, 2.24) is 0 Å². The molecular weight excluding hydrogens is 496 g/mol. The van der Waals surface area contributed by atoms with Crippen LogP contribution >= 0.6 is 0 Å². The second kappa shape index (κ2) is 12.0. The maximum Gasteiger partial charge on any atom is 0.184 e. The van der Waals surface area contributed by atoms with Crippen LogP contribution in [0, 0.1) is 0 Å². The molecule has 0 N–H and O–H groups in total. The van der Waals surface area contributed by atoms with Crippen molar-refractivity contribution < 1.29 is 33.2 Å². The van der Waals surface area contributed by atoms with E-state index < -0.39 is 0 Å². The molecule has 0 spiro atoms. The predicted octanol–water partition coefficient (Wildman–Crippen LogP) is 5.87. The predicted molar refractivity (Wildman–Crippen MR) is 145 cm³/mol. The molecule has 2 aromatic rings. The molecular formula is C32H40O7. The van der Waals surface area contributed by atoms with Crippen molar-refractivity contribution in [2.45, 2.75) is 94.5 Å². The number of ether oxygens (including phenoxy) is 7. The van der Waals surface area contributed by atoms with E-state index >= 15 is 0 Å². The first-order valence-corrected chi connectivity index (χ1v) is 14.3. The maximum atomic E-state index is 6.75. The third-order valence-corrected chi connectivity index (χ3v) is 8.47. The van der Waals surface area contributed by atoms with E-state index in [0.29, 0.717) is 19.6 Å². The van der Waals surface area contributed by atoms with Crippen molar-refractivity contribution in [3.05, 3.63) is 77.6 Å². The number of hydrogen-bond acceptors (Lipinski definition) is 7. The Bertz CT molecular complexity index is 1100. The van der Waals surface area contributed by atoms with E-state index in [0.717, 1.165) is 61.3 Å². The summed E-state index contributed by atoms with van der Waals surface area (Å²) < 4.78 is 43.8. The normalized spacial score (nSPS) is 34.6. The van der Waals surface area contributed by atoms with E-state index in [9.17, 15) is 0 Å². The van der Waals surface area contributed by atoms with Crippen LogP contribution in [0.5, 0.6) is 5.75 Å². The van der Waals surface area contributed by atoms with Gasteiger partial charge in [0.1, 0.15) is 23.6 Å². The van der Waals surface area contributed by atoms with Crippen LogP contribution in [0.2, 0.25) is 0 Å². The molecule has 7 atom stereocenters. The van der Waals surface area contributed by atoms with Crippen LogP contribution < -0.4 is 4.74 Å². The van der Waals surface area contributed by atoms with Gasteiger partial charge in [-0.3, -0.25) is 0 Å². The number of fused-ring (bicyclic) bond motifs is 2. The largest absolute Gasteiger partial charge is 0.497 e. The van der Waals surface area contributed by atoms with Gasteiger partial charge >= 0.3 is 0 Å². The average molecular weight is 537 g/mol.